The lowest BCUT2D eigenvalue weighted by molar-refractivity contribution is -0.122. The quantitative estimate of drug-likeness (QED) is 0.520. The van der Waals surface area contributed by atoms with Crippen molar-refractivity contribution in [2.75, 3.05) is 23.3 Å². The summed E-state index contributed by atoms with van der Waals surface area (Å²) >= 11 is 12.6. The van der Waals surface area contributed by atoms with Crippen LogP contribution in [0.2, 0.25) is 5.02 Å². The van der Waals surface area contributed by atoms with E-state index in [1.807, 2.05) is 6.92 Å². The lowest BCUT2D eigenvalue weighted by atomic mass is 10.1. The summed E-state index contributed by atoms with van der Waals surface area (Å²) in [5.74, 6) is -1.05. The maximum Gasteiger partial charge on any atom is 0.267 e. The number of benzene rings is 2. The van der Waals surface area contributed by atoms with Crippen LogP contribution in [0.25, 0.3) is 5.57 Å². The van der Waals surface area contributed by atoms with Crippen LogP contribution in [0, 0.1) is 0 Å². The largest absolute Gasteiger partial charge is 0.323 e. The van der Waals surface area contributed by atoms with Crippen LogP contribution in [0.4, 0.5) is 11.4 Å². The Morgan fingerprint density at radius 2 is 1.77 bits per heavy atom. The van der Waals surface area contributed by atoms with Gasteiger partial charge in [0.05, 0.1) is 26.9 Å². The summed E-state index contributed by atoms with van der Waals surface area (Å²) in [4.78, 5) is 42.2. The first-order valence-corrected chi connectivity index (χ1v) is 11.3. The van der Waals surface area contributed by atoms with Crippen molar-refractivity contribution in [2.24, 2.45) is 0 Å². The van der Waals surface area contributed by atoms with Gasteiger partial charge in [0, 0.05) is 12.1 Å². The molecule has 4 rings (SSSR count). The van der Waals surface area contributed by atoms with Crippen LogP contribution in [0.5, 0.6) is 0 Å². The van der Waals surface area contributed by atoms with Crippen LogP contribution in [-0.4, -0.2) is 40.0 Å². The number of hydrogen-bond acceptors (Lipinski definition) is 5. The summed E-state index contributed by atoms with van der Waals surface area (Å²) in [7, 11) is 0. The Balaban J connectivity index is 1.66. The van der Waals surface area contributed by atoms with Crippen LogP contribution in [0.3, 0.4) is 0 Å². The second kappa shape index (κ2) is 8.82. The van der Waals surface area contributed by atoms with Crippen molar-refractivity contribution in [3.05, 3.63) is 64.0 Å². The Bertz CT molecular complexity index is 1150. The number of amides is 3. The summed E-state index contributed by atoms with van der Waals surface area (Å²) in [5, 5.41) is 3.14. The number of thioether (sulfide) groups is 1. The van der Waals surface area contributed by atoms with Gasteiger partial charge in [0.1, 0.15) is 10.9 Å². The number of para-hydroxylation sites is 2. The minimum Gasteiger partial charge on any atom is -0.323 e. The summed E-state index contributed by atoms with van der Waals surface area (Å²) in [6.07, 6.45) is 0.758. The van der Waals surface area contributed by atoms with E-state index in [1.165, 1.54) is 9.80 Å². The fourth-order valence-electron chi connectivity index (χ4n) is 3.52. The number of anilines is 2. The normalized spacial score (nSPS) is 18.1. The number of halogens is 1. The smallest absolute Gasteiger partial charge is 0.267 e. The number of fused-ring (bicyclic) bond motifs is 1. The Kier molecular flexibility index (Phi) is 6.13. The summed E-state index contributed by atoms with van der Waals surface area (Å²) in [5.41, 5.74) is 1.96. The first-order valence-electron chi connectivity index (χ1n) is 9.66. The molecule has 6 nitrogen and oxygen atoms in total. The molecule has 158 valence electrons. The molecule has 9 heteroatoms. The molecular weight excluding hydrogens is 454 g/mol. The first-order chi connectivity index (χ1) is 14.9. The van der Waals surface area contributed by atoms with Gasteiger partial charge in [-0.3, -0.25) is 24.2 Å². The second-order valence-corrected chi connectivity index (χ2v) is 9.02. The molecule has 0 atom stereocenters. The van der Waals surface area contributed by atoms with Crippen molar-refractivity contribution in [3.63, 3.8) is 0 Å². The third-order valence-electron chi connectivity index (χ3n) is 4.90. The third kappa shape index (κ3) is 3.98. The van der Waals surface area contributed by atoms with Gasteiger partial charge in [0.2, 0.25) is 5.91 Å². The molecule has 0 aliphatic carbocycles. The van der Waals surface area contributed by atoms with Crippen LogP contribution in [0.1, 0.15) is 18.9 Å². The average Bonchev–Trinajstić information content (AvgIpc) is 3.18. The Labute approximate surface area is 194 Å². The Hall–Kier alpha value is -2.68. The van der Waals surface area contributed by atoms with Crippen molar-refractivity contribution in [1.82, 2.24) is 4.90 Å². The van der Waals surface area contributed by atoms with E-state index in [-0.39, 0.29) is 18.0 Å². The van der Waals surface area contributed by atoms with E-state index in [2.05, 4.69) is 5.32 Å². The second-order valence-electron chi connectivity index (χ2n) is 6.97. The van der Waals surface area contributed by atoms with Gasteiger partial charge < -0.3 is 5.32 Å². The van der Waals surface area contributed by atoms with Crippen LogP contribution in [0.15, 0.2) is 53.4 Å². The van der Waals surface area contributed by atoms with Crippen LogP contribution < -0.4 is 10.2 Å². The number of carbonyl (C=O) groups excluding carboxylic acids is 3. The average molecular weight is 472 g/mol. The van der Waals surface area contributed by atoms with E-state index in [1.54, 1.807) is 48.5 Å². The zero-order valence-electron chi connectivity index (χ0n) is 16.6. The SMILES string of the molecule is CCCN1C(=O)/C(=C2\C(=O)N(CC(=O)Nc3ccccc3Cl)c3ccccc32)SC1=S. The van der Waals surface area contributed by atoms with Crippen molar-refractivity contribution in [3.8, 4) is 0 Å². The molecule has 0 aromatic heterocycles. The maximum atomic E-state index is 13.4. The maximum absolute atomic E-state index is 13.4. The van der Waals surface area contributed by atoms with E-state index < -0.39 is 11.8 Å². The number of nitrogens with zero attached hydrogens (tertiary/aromatic N) is 2. The number of thiocarbonyl (C=S) groups is 1. The van der Waals surface area contributed by atoms with Crippen molar-refractivity contribution in [2.45, 2.75) is 13.3 Å². The number of carbonyl (C=O) groups is 3. The molecular formula is C22H18ClN3O3S2. The Morgan fingerprint density at radius 1 is 1.06 bits per heavy atom. The molecule has 2 aliphatic heterocycles. The van der Waals surface area contributed by atoms with Gasteiger partial charge >= 0.3 is 0 Å². The molecule has 0 spiro atoms. The van der Waals surface area contributed by atoms with Gasteiger partial charge in [-0.15, -0.1) is 0 Å². The molecule has 2 aromatic carbocycles. The summed E-state index contributed by atoms with van der Waals surface area (Å²) in [6.45, 7) is 2.25. The van der Waals surface area contributed by atoms with Gasteiger partial charge in [-0.2, -0.15) is 0 Å². The van der Waals surface area contributed by atoms with Crippen molar-refractivity contribution >= 4 is 74.6 Å². The van der Waals surface area contributed by atoms with Gasteiger partial charge in [-0.05, 0) is 24.6 Å². The minimum absolute atomic E-state index is 0.209. The third-order valence-corrected chi connectivity index (χ3v) is 6.67. The highest BCUT2D eigenvalue weighted by molar-refractivity contribution is 8.26. The minimum atomic E-state index is -0.396. The molecule has 2 aliphatic rings. The monoisotopic (exact) mass is 471 g/mol. The molecule has 1 N–H and O–H groups in total. The lowest BCUT2D eigenvalue weighted by Gasteiger charge is -2.17. The molecule has 1 fully saturated rings. The molecule has 3 amide bonds. The zero-order chi connectivity index (χ0) is 22.1. The Morgan fingerprint density at radius 3 is 2.52 bits per heavy atom. The summed E-state index contributed by atoms with van der Waals surface area (Å²) < 4.78 is 0.439. The van der Waals surface area contributed by atoms with E-state index in [9.17, 15) is 14.4 Å². The predicted molar refractivity (Wildman–Crippen MR) is 128 cm³/mol. The lowest BCUT2D eigenvalue weighted by Crippen LogP contribution is -2.35. The zero-order valence-corrected chi connectivity index (χ0v) is 18.9. The van der Waals surface area contributed by atoms with Gasteiger partial charge in [-0.25, -0.2) is 0 Å². The highest BCUT2D eigenvalue weighted by Crippen LogP contribution is 2.44. The predicted octanol–water partition coefficient (Wildman–Crippen LogP) is 4.31. The number of hydrogen-bond donors (Lipinski definition) is 1. The van der Waals surface area contributed by atoms with E-state index in [0.717, 1.165) is 18.2 Å². The van der Waals surface area contributed by atoms with Gasteiger partial charge in [0.25, 0.3) is 11.8 Å². The van der Waals surface area contributed by atoms with Crippen molar-refractivity contribution in [1.29, 1.82) is 0 Å². The van der Waals surface area contributed by atoms with E-state index in [0.29, 0.717) is 37.7 Å². The fraction of sp³-hybridized carbons (Fsp3) is 0.182. The molecule has 1 saturated heterocycles. The molecule has 0 radical (unpaired) electrons. The number of rotatable bonds is 5. The molecule has 2 heterocycles. The number of nitrogens with one attached hydrogen (secondary N) is 1. The molecule has 31 heavy (non-hydrogen) atoms. The highest BCUT2D eigenvalue weighted by Gasteiger charge is 2.42. The molecule has 2 aromatic rings. The highest BCUT2D eigenvalue weighted by atomic mass is 35.5. The van der Waals surface area contributed by atoms with Gasteiger partial charge in [0.15, 0.2) is 0 Å². The summed E-state index contributed by atoms with van der Waals surface area (Å²) in [6, 6.07) is 14.0. The topological polar surface area (TPSA) is 69.7 Å². The van der Waals surface area contributed by atoms with Crippen molar-refractivity contribution < 1.29 is 14.4 Å². The fourth-order valence-corrected chi connectivity index (χ4v) is 5.08. The van der Waals surface area contributed by atoms with E-state index in [4.69, 9.17) is 23.8 Å². The molecule has 0 unspecified atom stereocenters. The van der Waals surface area contributed by atoms with E-state index >= 15 is 0 Å². The first kappa shape index (κ1) is 21.5. The standard InChI is InChI=1S/C22H18ClN3O3S2/c1-2-11-25-21(29)19(31-22(25)30)18-13-7-3-6-10-16(13)26(20(18)28)12-17(27)24-15-9-5-4-8-14(15)23/h3-10H,2,11-12H2,1H3,(H,24,27)/b19-18+. The van der Waals surface area contributed by atoms with Crippen LogP contribution in [-0.2, 0) is 14.4 Å². The van der Waals surface area contributed by atoms with Gasteiger partial charge in [-0.1, -0.05) is 72.8 Å². The van der Waals surface area contributed by atoms with Crippen LogP contribution >= 0.6 is 35.6 Å². The molecule has 0 saturated carbocycles. The molecule has 0 bridgehead atoms.